The van der Waals surface area contributed by atoms with Gasteiger partial charge >= 0.3 is 0 Å². The molecule has 2 amide bonds. The molecule has 2 aromatic carbocycles. The fraction of sp³-hybridized carbons (Fsp3) is 0.263. The molecule has 0 fully saturated rings. The van der Waals surface area contributed by atoms with Gasteiger partial charge in [0, 0.05) is 10.5 Å². The molecule has 2 aromatic rings. The van der Waals surface area contributed by atoms with Crippen molar-refractivity contribution in [1.29, 1.82) is 0 Å². The maximum absolute atomic E-state index is 13.5. The van der Waals surface area contributed by atoms with E-state index < -0.39 is 5.91 Å². The highest BCUT2D eigenvalue weighted by Crippen LogP contribution is 2.20. The fourth-order valence-corrected chi connectivity index (χ4v) is 2.88. The molecule has 4 nitrogen and oxygen atoms in total. The van der Waals surface area contributed by atoms with Crippen LogP contribution in [0.2, 0.25) is 0 Å². The number of benzene rings is 2. The molecule has 0 atom stereocenters. The molecule has 0 spiro atoms. The van der Waals surface area contributed by atoms with Crippen molar-refractivity contribution < 1.29 is 14.0 Å². The van der Waals surface area contributed by atoms with E-state index in [0.29, 0.717) is 10.5 Å². The first kappa shape index (κ1) is 19.0. The van der Waals surface area contributed by atoms with Crippen molar-refractivity contribution in [3.05, 3.63) is 65.5 Å². The summed E-state index contributed by atoms with van der Waals surface area (Å²) in [5, 5.41) is 0. The van der Waals surface area contributed by atoms with E-state index >= 15 is 0 Å². The monoisotopic (exact) mass is 360 g/mol. The molecule has 0 radical (unpaired) electrons. The van der Waals surface area contributed by atoms with Gasteiger partial charge in [-0.25, -0.2) is 4.39 Å². The van der Waals surface area contributed by atoms with Crippen molar-refractivity contribution in [3.63, 3.8) is 0 Å². The number of carbonyl (C=O) groups is 2. The summed E-state index contributed by atoms with van der Waals surface area (Å²) in [6, 6.07) is 13.5. The second kappa shape index (κ2) is 9.84. The van der Waals surface area contributed by atoms with Crippen LogP contribution in [0.25, 0.3) is 0 Å². The smallest absolute Gasteiger partial charge is 0.269 e. The third kappa shape index (κ3) is 6.23. The van der Waals surface area contributed by atoms with E-state index in [1.165, 1.54) is 11.6 Å². The first-order valence-corrected chi connectivity index (χ1v) is 9.14. The van der Waals surface area contributed by atoms with Gasteiger partial charge in [-0.2, -0.15) is 0 Å². The summed E-state index contributed by atoms with van der Waals surface area (Å²) in [5.74, 6) is -1.14. The van der Waals surface area contributed by atoms with Gasteiger partial charge in [0.05, 0.1) is 5.75 Å². The zero-order valence-corrected chi connectivity index (χ0v) is 14.9. The molecule has 25 heavy (non-hydrogen) atoms. The molecule has 0 saturated carbocycles. The summed E-state index contributed by atoms with van der Waals surface area (Å²) in [6.07, 6.45) is 3.23. The molecule has 0 aromatic heterocycles. The predicted octanol–water partition coefficient (Wildman–Crippen LogP) is 3.72. The summed E-state index contributed by atoms with van der Waals surface area (Å²) < 4.78 is 13.5. The number of hydrogen-bond donors (Lipinski definition) is 2. The Morgan fingerprint density at radius 3 is 2.44 bits per heavy atom. The molecule has 132 valence electrons. The van der Waals surface area contributed by atoms with E-state index in [2.05, 4.69) is 17.8 Å². The Hall–Kier alpha value is -2.34. The number of thioether (sulfide) groups is 1. The molecular weight excluding hydrogens is 339 g/mol. The number of hydrogen-bond acceptors (Lipinski definition) is 3. The first-order chi connectivity index (χ1) is 12.1. The van der Waals surface area contributed by atoms with Gasteiger partial charge in [0.2, 0.25) is 5.91 Å². The Morgan fingerprint density at radius 1 is 1.04 bits per heavy atom. The molecule has 0 saturated heterocycles. The first-order valence-electron chi connectivity index (χ1n) is 8.15. The van der Waals surface area contributed by atoms with E-state index in [0.717, 1.165) is 31.0 Å². The zero-order chi connectivity index (χ0) is 18.1. The molecule has 0 heterocycles. The van der Waals surface area contributed by atoms with Crippen LogP contribution >= 0.6 is 11.8 Å². The second-order valence-electron chi connectivity index (χ2n) is 5.52. The largest absolute Gasteiger partial charge is 0.272 e. The van der Waals surface area contributed by atoms with Crippen molar-refractivity contribution in [2.45, 2.75) is 31.1 Å². The predicted molar refractivity (Wildman–Crippen MR) is 97.8 cm³/mol. The minimum absolute atomic E-state index is 0.0111. The molecule has 0 aliphatic heterocycles. The number of aryl methyl sites for hydroxylation is 1. The maximum Gasteiger partial charge on any atom is 0.269 e. The third-order valence-electron chi connectivity index (χ3n) is 3.55. The summed E-state index contributed by atoms with van der Waals surface area (Å²) in [7, 11) is 0. The van der Waals surface area contributed by atoms with E-state index in [-0.39, 0.29) is 17.5 Å². The molecule has 0 aliphatic rings. The highest BCUT2D eigenvalue weighted by Gasteiger charge is 2.09. The Balaban J connectivity index is 1.77. The van der Waals surface area contributed by atoms with E-state index in [4.69, 9.17) is 0 Å². The number of halogens is 1. The minimum atomic E-state index is -0.402. The number of amides is 2. The van der Waals surface area contributed by atoms with Crippen LogP contribution in [0.15, 0.2) is 53.4 Å². The van der Waals surface area contributed by atoms with Crippen LogP contribution in [0.3, 0.4) is 0 Å². The van der Waals surface area contributed by atoms with Gasteiger partial charge in [0.1, 0.15) is 5.82 Å². The highest BCUT2D eigenvalue weighted by atomic mass is 32.2. The third-order valence-corrected chi connectivity index (χ3v) is 4.59. The Morgan fingerprint density at radius 2 is 1.76 bits per heavy atom. The van der Waals surface area contributed by atoms with Crippen LogP contribution in [0.1, 0.15) is 35.7 Å². The van der Waals surface area contributed by atoms with Crippen molar-refractivity contribution in [1.82, 2.24) is 10.9 Å². The molecule has 0 aliphatic carbocycles. The normalized spacial score (nSPS) is 10.3. The second-order valence-corrected chi connectivity index (χ2v) is 6.54. The van der Waals surface area contributed by atoms with Gasteiger partial charge < -0.3 is 0 Å². The summed E-state index contributed by atoms with van der Waals surface area (Å²) in [4.78, 5) is 24.2. The van der Waals surface area contributed by atoms with Crippen LogP contribution in [0.4, 0.5) is 4.39 Å². The van der Waals surface area contributed by atoms with Gasteiger partial charge in [0.15, 0.2) is 0 Å². The van der Waals surface area contributed by atoms with Gasteiger partial charge in [-0.3, -0.25) is 20.4 Å². The van der Waals surface area contributed by atoms with Crippen molar-refractivity contribution in [2.24, 2.45) is 0 Å². The van der Waals surface area contributed by atoms with Crippen LogP contribution in [0, 0.1) is 5.82 Å². The lowest BCUT2D eigenvalue weighted by Crippen LogP contribution is -2.42. The van der Waals surface area contributed by atoms with E-state index in [1.54, 1.807) is 30.3 Å². The molecule has 0 unspecified atom stereocenters. The fourth-order valence-electron chi connectivity index (χ4n) is 2.14. The average molecular weight is 360 g/mol. The highest BCUT2D eigenvalue weighted by molar-refractivity contribution is 8.00. The number of carbonyl (C=O) groups excluding carboxylic acids is 2. The van der Waals surface area contributed by atoms with Crippen LogP contribution < -0.4 is 10.9 Å². The zero-order valence-electron chi connectivity index (χ0n) is 14.0. The molecule has 2 rings (SSSR count). The van der Waals surface area contributed by atoms with Gasteiger partial charge in [-0.05, 0) is 42.7 Å². The Kier molecular flexibility index (Phi) is 7.47. The van der Waals surface area contributed by atoms with Crippen molar-refractivity contribution in [2.75, 3.05) is 5.75 Å². The van der Waals surface area contributed by atoms with Gasteiger partial charge in [-0.1, -0.05) is 37.6 Å². The summed E-state index contributed by atoms with van der Waals surface area (Å²) >= 11 is 1.07. The summed E-state index contributed by atoms with van der Waals surface area (Å²) in [5.41, 5.74) is 6.36. The SMILES string of the molecule is CCCCc1ccc(C(=O)NNC(=O)CSc2ccccc2F)cc1. The standard InChI is InChI=1S/C19H21FN2O2S/c1-2-3-6-14-9-11-15(12-10-14)19(24)22-21-18(23)13-25-17-8-5-4-7-16(17)20/h4-5,7-12H,2-3,6,13H2,1H3,(H,21,23)(H,22,24). The lowest BCUT2D eigenvalue weighted by Gasteiger charge is -2.08. The Labute approximate surface area is 151 Å². The van der Waals surface area contributed by atoms with Crippen molar-refractivity contribution >= 4 is 23.6 Å². The van der Waals surface area contributed by atoms with E-state index in [9.17, 15) is 14.0 Å². The molecule has 2 N–H and O–H groups in total. The lowest BCUT2D eigenvalue weighted by atomic mass is 10.1. The number of rotatable bonds is 7. The van der Waals surface area contributed by atoms with Gasteiger partial charge in [-0.15, -0.1) is 11.8 Å². The number of unbranched alkanes of at least 4 members (excludes halogenated alkanes) is 1. The number of hydrazine groups is 1. The molecular formula is C19H21FN2O2S. The van der Waals surface area contributed by atoms with Crippen LogP contribution in [-0.2, 0) is 11.2 Å². The van der Waals surface area contributed by atoms with Crippen LogP contribution in [-0.4, -0.2) is 17.6 Å². The van der Waals surface area contributed by atoms with Gasteiger partial charge in [0.25, 0.3) is 5.91 Å². The number of nitrogens with one attached hydrogen (secondary N) is 2. The molecule has 0 bridgehead atoms. The quantitative estimate of drug-likeness (QED) is 0.584. The average Bonchev–Trinajstić information content (AvgIpc) is 2.64. The van der Waals surface area contributed by atoms with Crippen molar-refractivity contribution in [3.8, 4) is 0 Å². The maximum atomic E-state index is 13.5. The lowest BCUT2D eigenvalue weighted by molar-refractivity contribution is -0.119. The van der Waals surface area contributed by atoms with E-state index in [1.807, 2.05) is 12.1 Å². The summed E-state index contributed by atoms with van der Waals surface area (Å²) in [6.45, 7) is 2.13. The van der Waals surface area contributed by atoms with Crippen LogP contribution in [0.5, 0.6) is 0 Å². The molecule has 6 heteroatoms. The Bertz CT molecular complexity index is 720. The minimum Gasteiger partial charge on any atom is -0.272 e. The topological polar surface area (TPSA) is 58.2 Å².